The molecule has 0 bridgehead atoms. The lowest BCUT2D eigenvalue weighted by Crippen LogP contribution is -2.45. The number of hydrogen-bond acceptors (Lipinski definition) is 4. The quantitative estimate of drug-likeness (QED) is 0.444. The first kappa shape index (κ1) is 24.5. The molecular weight excluding hydrogens is 462 g/mol. The van der Waals surface area contributed by atoms with Gasteiger partial charge in [0.25, 0.3) is 0 Å². The molecule has 0 spiro atoms. The Labute approximate surface area is 205 Å². The second-order valence-corrected chi connectivity index (χ2v) is 11.0. The van der Waals surface area contributed by atoms with Crippen molar-refractivity contribution in [2.75, 3.05) is 26.2 Å². The maximum absolute atomic E-state index is 15.4. The van der Waals surface area contributed by atoms with Crippen LogP contribution in [0, 0.1) is 5.82 Å². The van der Waals surface area contributed by atoms with Gasteiger partial charge in [0.2, 0.25) is 0 Å². The molecule has 2 fully saturated rings. The summed E-state index contributed by atoms with van der Waals surface area (Å²) >= 11 is 12.3. The third-order valence-corrected chi connectivity index (χ3v) is 6.50. The highest BCUT2D eigenvalue weighted by Gasteiger charge is 2.33. The molecule has 178 valence electrons. The molecule has 4 rings (SSSR count). The highest BCUT2D eigenvalue weighted by atomic mass is 35.5. The molecule has 0 atom stereocenters. The van der Waals surface area contributed by atoms with Gasteiger partial charge in [-0.05, 0) is 80.5 Å². The van der Waals surface area contributed by atoms with Crippen LogP contribution >= 0.6 is 23.2 Å². The van der Waals surface area contributed by atoms with E-state index in [-0.39, 0.29) is 11.5 Å². The average Bonchev–Trinajstić information content (AvgIpc) is 3.52. The Morgan fingerprint density at radius 2 is 1.58 bits per heavy atom. The molecule has 2 aromatic rings. The summed E-state index contributed by atoms with van der Waals surface area (Å²) < 4.78 is 20.8. The van der Waals surface area contributed by atoms with Crippen LogP contribution in [0.4, 0.5) is 4.39 Å². The molecule has 7 heteroatoms. The van der Waals surface area contributed by atoms with Crippen molar-refractivity contribution in [2.45, 2.75) is 58.2 Å². The molecule has 4 nitrogen and oxygen atoms in total. The summed E-state index contributed by atoms with van der Waals surface area (Å²) in [5.41, 5.74) is 2.18. The van der Waals surface area contributed by atoms with Crippen LogP contribution in [0.2, 0.25) is 10.0 Å². The lowest BCUT2D eigenvalue weighted by atomic mass is 9.98. The molecule has 0 radical (unpaired) electrons. The Balaban J connectivity index is 1.41. The molecule has 0 amide bonds. The van der Waals surface area contributed by atoms with Crippen molar-refractivity contribution in [3.63, 3.8) is 0 Å². The number of halogens is 3. The Bertz CT molecular complexity index is 1010. The van der Waals surface area contributed by atoms with Gasteiger partial charge in [-0.1, -0.05) is 29.3 Å². The molecule has 1 saturated heterocycles. The van der Waals surface area contributed by atoms with Gasteiger partial charge in [-0.3, -0.25) is 9.80 Å². The van der Waals surface area contributed by atoms with Crippen LogP contribution < -0.4 is 0 Å². The first-order valence-electron chi connectivity index (χ1n) is 11.5. The van der Waals surface area contributed by atoms with E-state index in [1.807, 2.05) is 18.2 Å². The smallest absolute Gasteiger partial charge is 0.341 e. The zero-order valence-corrected chi connectivity index (χ0v) is 21.0. The molecule has 33 heavy (non-hydrogen) atoms. The van der Waals surface area contributed by atoms with Crippen molar-refractivity contribution in [1.82, 2.24) is 9.80 Å². The van der Waals surface area contributed by atoms with E-state index in [1.165, 1.54) is 0 Å². The number of piperazine rings is 1. The second kappa shape index (κ2) is 9.91. The van der Waals surface area contributed by atoms with Crippen molar-refractivity contribution in [3.8, 4) is 0 Å². The van der Waals surface area contributed by atoms with Gasteiger partial charge in [-0.25, -0.2) is 9.18 Å². The number of hydrogen-bond donors (Lipinski definition) is 0. The van der Waals surface area contributed by atoms with E-state index in [9.17, 15) is 4.79 Å². The molecule has 1 aliphatic carbocycles. The van der Waals surface area contributed by atoms with Gasteiger partial charge in [0, 0.05) is 49.3 Å². The van der Waals surface area contributed by atoms with Crippen LogP contribution in [-0.2, 0) is 17.8 Å². The number of carbonyl (C=O) groups excluding carboxylic acids is 1. The van der Waals surface area contributed by atoms with Gasteiger partial charge < -0.3 is 4.74 Å². The standard InChI is InChI=1S/C26H31Cl2FN2O2/c1-26(2,3)33-25(32)22-7-6-19(23(24(22)29)18-4-5-18)16-31-10-8-30(9-11-31)15-17-12-20(27)14-21(28)13-17/h6-7,12-14,18H,4-5,8-11,15-16H2,1-3H3. The number of rotatable bonds is 6. The summed E-state index contributed by atoms with van der Waals surface area (Å²) in [4.78, 5) is 17.2. The fraction of sp³-hybridized carbons (Fsp3) is 0.500. The largest absolute Gasteiger partial charge is 0.456 e. The van der Waals surface area contributed by atoms with Gasteiger partial charge in [-0.15, -0.1) is 0 Å². The lowest BCUT2D eigenvalue weighted by molar-refractivity contribution is 0.00644. The molecule has 1 heterocycles. The zero-order valence-electron chi connectivity index (χ0n) is 19.5. The number of carbonyl (C=O) groups is 1. The van der Waals surface area contributed by atoms with Gasteiger partial charge in [0.05, 0.1) is 5.56 Å². The Morgan fingerprint density at radius 3 is 2.12 bits per heavy atom. The van der Waals surface area contributed by atoms with E-state index in [0.29, 0.717) is 22.2 Å². The van der Waals surface area contributed by atoms with Crippen LogP contribution in [0.1, 0.15) is 66.6 Å². The normalized spacial score (nSPS) is 17.9. The minimum atomic E-state index is -0.655. The van der Waals surface area contributed by atoms with Gasteiger partial charge in [-0.2, -0.15) is 0 Å². The van der Waals surface area contributed by atoms with Gasteiger partial charge in [0.15, 0.2) is 0 Å². The van der Waals surface area contributed by atoms with Crippen molar-refractivity contribution in [1.29, 1.82) is 0 Å². The highest BCUT2D eigenvalue weighted by Crippen LogP contribution is 2.44. The van der Waals surface area contributed by atoms with Crippen molar-refractivity contribution in [2.24, 2.45) is 0 Å². The van der Waals surface area contributed by atoms with Crippen LogP contribution in [-0.4, -0.2) is 47.5 Å². The second-order valence-electron chi connectivity index (χ2n) is 10.1. The van der Waals surface area contributed by atoms with Crippen LogP contribution in [0.25, 0.3) is 0 Å². The van der Waals surface area contributed by atoms with E-state index in [1.54, 1.807) is 32.9 Å². The summed E-state index contributed by atoms with van der Waals surface area (Å²) in [6, 6.07) is 9.16. The van der Waals surface area contributed by atoms with Crippen molar-refractivity contribution < 1.29 is 13.9 Å². The van der Waals surface area contributed by atoms with E-state index in [2.05, 4.69) is 9.80 Å². The average molecular weight is 493 g/mol. The Morgan fingerprint density at radius 1 is 1.00 bits per heavy atom. The van der Waals surface area contributed by atoms with Crippen molar-refractivity contribution >= 4 is 29.2 Å². The molecule has 1 saturated carbocycles. The number of benzene rings is 2. The van der Waals surface area contributed by atoms with Crippen LogP contribution in [0.5, 0.6) is 0 Å². The molecule has 0 aromatic heterocycles. The molecule has 2 aliphatic rings. The summed E-state index contributed by atoms with van der Waals surface area (Å²) in [6.07, 6.45) is 1.94. The lowest BCUT2D eigenvalue weighted by Gasteiger charge is -2.35. The predicted octanol–water partition coefficient (Wildman–Crippen LogP) is 6.28. The Kier molecular flexibility index (Phi) is 7.35. The molecular formula is C26H31Cl2FN2O2. The maximum atomic E-state index is 15.4. The van der Waals surface area contributed by atoms with Crippen LogP contribution in [0.15, 0.2) is 30.3 Å². The van der Waals surface area contributed by atoms with Gasteiger partial charge >= 0.3 is 5.97 Å². The highest BCUT2D eigenvalue weighted by molar-refractivity contribution is 6.34. The van der Waals surface area contributed by atoms with E-state index in [4.69, 9.17) is 27.9 Å². The Hall–Kier alpha value is -1.66. The monoisotopic (exact) mass is 492 g/mol. The number of nitrogens with zero attached hydrogens (tertiary/aromatic N) is 2. The number of ether oxygens (including phenoxy) is 1. The SMILES string of the molecule is CC(C)(C)OC(=O)c1ccc(CN2CCN(Cc3cc(Cl)cc(Cl)c3)CC2)c(C2CC2)c1F. The van der Waals surface area contributed by atoms with Crippen molar-refractivity contribution in [3.05, 3.63) is 68.4 Å². The number of esters is 1. The van der Waals surface area contributed by atoms with E-state index >= 15 is 4.39 Å². The predicted molar refractivity (Wildman–Crippen MR) is 131 cm³/mol. The fourth-order valence-electron chi connectivity index (χ4n) is 4.38. The maximum Gasteiger partial charge on any atom is 0.341 e. The van der Waals surface area contributed by atoms with Gasteiger partial charge in [0.1, 0.15) is 11.4 Å². The van der Waals surface area contributed by atoms with Crippen LogP contribution in [0.3, 0.4) is 0 Å². The first-order valence-corrected chi connectivity index (χ1v) is 12.3. The summed E-state index contributed by atoms with van der Waals surface area (Å²) in [6.45, 7) is 10.5. The van der Waals surface area contributed by atoms with E-state index in [0.717, 1.165) is 56.7 Å². The summed E-state index contributed by atoms with van der Waals surface area (Å²) in [7, 11) is 0. The summed E-state index contributed by atoms with van der Waals surface area (Å²) in [5.74, 6) is -0.792. The third kappa shape index (κ3) is 6.48. The molecule has 1 aliphatic heterocycles. The summed E-state index contributed by atoms with van der Waals surface area (Å²) in [5, 5.41) is 1.31. The fourth-order valence-corrected chi connectivity index (χ4v) is 4.95. The topological polar surface area (TPSA) is 32.8 Å². The van der Waals surface area contributed by atoms with E-state index < -0.39 is 17.4 Å². The minimum Gasteiger partial charge on any atom is -0.456 e. The zero-order chi connectivity index (χ0) is 23.8. The molecule has 0 N–H and O–H groups in total. The first-order chi connectivity index (χ1) is 15.6. The third-order valence-electron chi connectivity index (χ3n) is 6.06. The molecule has 0 unspecified atom stereocenters. The minimum absolute atomic E-state index is 0.0422. The molecule has 2 aromatic carbocycles.